The fourth-order valence-corrected chi connectivity index (χ4v) is 3.02. The number of thioether (sulfide) groups is 1. The van der Waals surface area contributed by atoms with E-state index in [0.717, 1.165) is 22.4 Å². The molecule has 0 bridgehead atoms. The first kappa shape index (κ1) is 18.5. The molecule has 2 aromatic rings. The highest BCUT2D eigenvalue weighted by Crippen LogP contribution is 2.32. The average molecular weight is 367 g/mol. The number of hydrogen-bond acceptors (Lipinski definition) is 5. The fraction of sp³-hybridized carbons (Fsp3) is 0.278. The van der Waals surface area contributed by atoms with Crippen molar-refractivity contribution in [3.05, 3.63) is 52.5 Å². The quantitative estimate of drug-likeness (QED) is 0.392. The van der Waals surface area contributed by atoms with E-state index >= 15 is 0 Å². The highest BCUT2D eigenvalue weighted by Gasteiger charge is 2.14. The zero-order valence-electron chi connectivity index (χ0n) is 13.8. The van der Waals surface area contributed by atoms with Gasteiger partial charge in [0.1, 0.15) is 18.1 Å². The van der Waals surface area contributed by atoms with Gasteiger partial charge < -0.3 is 14.2 Å². The van der Waals surface area contributed by atoms with E-state index in [1.807, 2.05) is 36.6 Å². The number of halogens is 1. The molecule has 0 heterocycles. The van der Waals surface area contributed by atoms with Crippen molar-refractivity contribution in [3.63, 3.8) is 0 Å². The number of carbonyl (C=O) groups excluding carboxylic acids is 1. The van der Waals surface area contributed by atoms with Crippen LogP contribution in [0.4, 0.5) is 4.79 Å². The predicted molar refractivity (Wildman–Crippen MR) is 96.4 cm³/mol. The van der Waals surface area contributed by atoms with Gasteiger partial charge in [-0.05, 0) is 42.5 Å². The van der Waals surface area contributed by atoms with Crippen LogP contribution in [0.25, 0.3) is 0 Å². The number of ether oxygens (including phenoxy) is 3. The molecule has 6 heteroatoms. The molecular formula is C18H19ClO4S. The van der Waals surface area contributed by atoms with Gasteiger partial charge in [0.25, 0.3) is 0 Å². The lowest BCUT2D eigenvalue weighted by Gasteiger charge is -2.15. The Morgan fingerprint density at radius 3 is 2.62 bits per heavy atom. The average Bonchev–Trinajstić information content (AvgIpc) is 2.60. The standard InChI is InChI=1S/C18H19ClO4S/c1-4-12-8-9-16(14(19)10-12)22-11-13-15(23-18(20)21-2)6-5-7-17(13)24-3/h5-10H,4,11H2,1-3H3. The minimum absolute atomic E-state index is 0.231. The first-order valence-corrected chi connectivity index (χ1v) is 9.02. The van der Waals surface area contributed by atoms with Gasteiger partial charge in [0.15, 0.2) is 0 Å². The van der Waals surface area contributed by atoms with E-state index in [1.165, 1.54) is 7.11 Å². The molecule has 0 N–H and O–H groups in total. The Morgan fingerprint density at radius 2 is 2.00 bits per heavy atom. The van der Waals surface area contributed by atoms with Gasteiger partial charge in [0, 0.05) is 10.5 Å². The molecule has 0 saturated carbocycles. The van der Waals surface area contributed by atoms with Gasteiger partial charge >= 0.3 is 6.16 Å². The molecule has 2 rings (SSSR count). The monoisotopic (exact) mass is 366 g/mol. The number of methoxy groups -OCH3 is 1. The van der Waals surface area contributed by atoms with E-state index in [1.54, 1.807) is 17.8 Å². The van der Waals surface area contributed by atoms with Crippen LogP contribution in [0.1, 0.15) is 18.1 Å². The summed E-state index contributed by atoms with van der Waals surface area (Å²) in [5.41, 5.74) is 1.91. The zero-order valence-corrected chi connectivity index (χ0v) is 15.4. The first-order valence-electron chi connectivity index (χ1n) is 7.42. The van der Waals surface area contributed by atoms with Gasteiger partial charge in [-0.2, -0.15) is 0 Å². The Labute approximate surface area is 151 Å². The number of hydrogen-bond donors (Lipinski definition) is 0. The molecule has 0 unspecified atom stereocenters. The number of rotatable bonds is 6. The van der Waals surface area contributed by atoms with Crippen molar-refractivity contribution in [3.8, 4) is 11.5 Å². The van der Waals surface area contributed by atoms with E-state index < -0.39 is 6.16 Å². The topological polar surface area (TPSA) is 44.8 Å². The molecule has 0 radical (unpaired) electrons. The smallest absolute Gasteiger partial charge is 0.487 e. The molecule has 0 aliphatic carbocycles. The molecule has 128 valence electrons. The van der Waals surface area contributed by atoms with Crippen molar-refractivity contribution in [2.24, 2.45) is 0 Å². The Hall–Kier alpha value is -1.85. The molecule has 2 aromatic carbocycles. The largest absolute Gasteiger partial charge is 0.513 e. The zero-order chi connectivity index (χ0) is 17.5. The summed E-state index contributed by atoms with van der Waals surface area (Å²) >= 11 is 7.80. The van der Waals surface area contributed by atoms with Gasteiger partial charge in [-0.1, -0.05) is 30.7 Å². The maximum atomic E-state index is 11.4. The van der Waals surface area contributed by atoms with Gasteiger partial charge in [0.05, 0.1) is 12.1 Å². The predicted octanol–water partition coefficient (Wildman–Crippen LogP) is 5.35. The van der Waals surface area contributed by atoms with Crippen molar-refractivity contribution in [1.29, 1.82) is 0 Å². The lowest BCUT2D eigenvalue weighted by Crippen LogP contribution is -2.10. The fourth-order valence-electron chi connectivity index (χ4n) is 2.14. The van der Waals surface area contributed by atoms with Crippen LogP contribution in [0.3, 0.4) is 0 Å². The van der Waals surface area contributed by atoms with Crippen LogP contribution in [-0.2, 0) is 17.8 Å². The molecular weight excluding hydrogens is 348 g/mol. The molecule has 0 aliphatic heterocycles. The molecule has 24 heavy (non-hydrogen) atoms. The van der Waals surface area contributed by atoms with Crippen molar-refractivity contribution in [1.82, 2.24) is 0 Å². The summed E-state index contributed by atoms with van der Waals surface area (Å²) < 4.78 is 15.6. The molecule has 0 spiro atoms. The summed E-state index contributed by atoms with van der Waals surface area (Å²) in [6.07, 6.45) is 2.09. The Balaban J connectivity index is 2.23. The normalized spacial score (nSPS) is 10.3. The third kappa shape index (κ3) is 4.58. The summed E-state index contributed by atoms with van der Waals surface area (Å²) in [6, 6.07) is 11.2. The Kier molecular flexibility index (Phi) is 6.82. The van der Waals surface area contributed by atoms with Gasteiger partial charge in [-0.15, -0.1) is 11.8 Å². The summed E-state index contributed by atoms with van der Waals surface area (Å²) in [6.45, 7) is 2.30. The molecule has 0 aromatic heterocycles. The van der Waals surface area contributed by atoms with Crippen LogP contribution >= 0.6 is 23.4 Å². The third-order valence-electron chi connectivity index (χ3n) is 3.45. The maximum absolute atomic E-state index is 11.4. The van der Waals surface area contributed by atoms with Crippen LogP contribution in [0, 0.1) is 0 Å². The first-order chi connectivity index (χ1) is 11.6. The highest BCUT2D eigenvalue weighted by atomic mass is 35.5. The van der Waals surface area contributed by atoms with E-state index in [9.17, 15) is 4.79 Å². The summed E-state index contributed by atoms with van der Waals surface area (Å²) in [4.78, 5) is 12.4. The Morgan fingerprint density at radius 1 is 1.21 bits per heavy atom. The van der Waals surface area contributed by atoms with E-state index in [0.29, 0.717) is 16.5 Å². The van der Waals surface area contributed by atoms with Crippen LogP contribution in [-0.4, -0.2) is 19.5 Å². The number of aryl methyl sites for hydroxylation is 1. The minimum Gasteiger partial charge on any atom is -0.487 e. The molecule has 0 amide bonds. The van der Waals surface area contributed by atoms with Gasteiger partial charge in [-0.25, -0.2) is 4.79 Å². The van der Waals surface area contributed by atoms with Crippen LogP contribution in [0.2, 0.25) is 5.02 Å². The van der Waals surface area contributed by atoms with E-state index in [2.05, 4.69) is 11.7 Å². The summed E-state index contributed by atoms with van der Waals surface area (Å²) in [7, 11) is 1.27. The van der Waals surface area contributed by atoms with Crippen molar-refractivity contribution in [2.45, 2.75) is 24.8 Å². The second-order valence-corrected chi connectivity index (χ2v) is 6.16. The van der Waals surface area contributed by atoms with Crippen LogP contribution in [0.15, 0.2) is 41.3 Å². The molecule has 0 saturated heterocycles. The lowest BCUT2D eigenvalue weighted by atomic mass is 10.1. The molecule has 0 fully saturated rings. The van der Waals surface area contributed by atoms with Gasteiger partial charge in [0.2, 0.25) is 0 Å². The molecule has 0 aliphatic rings. The summed E-state index contributed by atoms with van der Waals surface area (Å²) in [5.74, 6) is 1.00. The van der Waals surface area contributed by atoms with E-state index in [-0.39, 0.29) is 6.61 Å². The van der Waals surface area contributed by atoms with Crippen LogP contribution < -0.4 is 9.47 Å². The SMILES string of the molecule is CCc1ccc(OCc2c(OC(=O)OC)cccc2SC)c(Cl)c1. The number of carbonyl (C=O) groups is 1. The Bertz CT molecular complexity index is 718. The highest BCUT2D eigenvalue weighted by molar-refractivity contribution is 7.98. The second kappa shape index (κ2) is 8.85. The molecule has 4 nitrogen and oxygen atoms in total. The third-order valence-corrected chi connectivity index (χ3v) is 4.56. The number of benzene rings is 2. The van der Waals surface area contributed by atoms with Crippen molar-refractivity contribution < 1.29 is 19.0 Å². The van der Waals surface area contributed by atoms with Gasteiger partial charge in [-0.3, -0.25) is 0 Å². The molecule has 0 atom stereocenters. The lowest BCUT2D eigenvalue weighted by molar-refractivity contribution is 0.120. The summed E-state index contributed by atoms with van der Waals surface area (Å²) in [5, 5.41) is 0.561. The maximum Gasteiger partial charge on any atom is 0.513 e. The van der Waals surface area contributed by atoms with E-state index in [4.69, 9.17) is 21.1 Å². The van der Waals surface area contributed by atoms with Crippen LogP contribution in [0.5, 0.6) is 11.5 Å². The van der Waals surface area contributed by atoms with Crippen molar-refractivity contribution in [2.75, 3.05) is 13.4 Å². The van der Waals surface area contributed by atoms with Crippen molar-refractivity contribution >= 4 is 29.5 Å². The minimum atomic E-state index is -0.764. The second-order valence-electron chi connectivity index (χ2n) is 4.90.